The number of aryl methyl sites for hydroxylation is 1. The Bertz CT molecular complexity index is 591. The summed E-state index contributed by atoms with van der Waals surface area (Å²) >= 11 is 0. The molecule has 1 unspecified atom stereocenters. The number of quaternary nitrogens is 1. The monoisotopic (exact) mass is 345 g/mol. The van der Waals surface area contributed by atoms with Gasteiger partial charge in [-0.15, -0.1) is 0 Å². The first-order valence-electron chi connectivity index (χ1n) is 9.16. The highest BCUT2D eigenvalue weighted by Crippen LogP contribution is 2.42. The number of benzene rings is 1. The lowest BCUT2D eigenvalue weighted by Gasteiger charge is -2.31. The Morgan fingerprint density at radius 2 is 2.12 bits per heavy atom. The predicted octanol–water partition coefficient (Wildman–Crippen LogP) is 1.61. The van der Waals surface area contributed by atoms with Crippen molar-refractivity contribution < 1.29 is 19.7 Å². The largest absolute Gasteiger partial charge is 0.629 e. The van der Waals surface area contributed by atoms with Crippen molar-refractivity contribution in [2.24, 2.45) is 11.8 Å². The van der Waals surface area contributed by atoms with E-state index in [1.807, 2.05) is 18.2 Å². The molecule has 1 saturated carbocycles. The van der Waals surface area contributed by atoms with Crippen LogP contribution >= 0.6 is 0 Å². The first-order valence-corrected chi connectivity index (χ1v) is 9.16. The van der Waals surface area contributed by atoms with Gasteiger partial charge in [0.2, 0.25) is 0 Å². The SMILES string of the molecule is C=C[NH+]([O-])[C@@H]1C[C@@H]2OC(=O)C[C@@H]2[C@H]1CC[C@@H](O)CCc1ccccc1. The number of carbonyl (C=O) groups excluding carboxylic acids is 1. The van der Waals surface area contributed by atoms with Crippen LogP contribution in [0.25, 0.3) is 0 Å². The number of hydroxylamine groups is 2. The van der Waals surface area contributed by atoms with Crippen LogP contribution < -0.4 is 5.06 Å². The van der Waals surface area contributed by atoms with E-state index in [9.17, 15) is 15.1 Å². The minimum absolute atomic E-state index is 0.0363. The summed E-state index contributed by atoms with van der Waals surface area (Å²) in [5.74, 6) is 0.0603. The average Bonchev–Trinajstić information content (AvgIpc) is 3.14. The smallest absolute Gasteiger partial charge is 0.306 e. The number of nitrogens with one attached hydrogen (secondary N) is 1. The van der Waals surface area contributed by atoms with Gasteiger partial charge in [0.15, 0.2) is 0 Å². The molecule has 1 saturated heterocycles. The molecule has 136 valence electrons. The second-order valence-corrected chi connectivity index (χ2v) is 7.26. The lowest BCUT2D eigenvalue weighted by atomic mass is 9.86. The van der Waals surface area contributed by atoms with Crippen LogP contribution in [0.1, 0.15) is 37.7 Å². The average molecular weight is 345 g/mol. The summed E-state index contributed by atoms with van der Waals surface area (Å²) in [6, 6.07) is 10.00. The molecule has 2 N–H and O–H groups in total. The number of ether oxygens (including phenoxy) is 1. The third-order valence-corrected chi connectivity index (χ3v) is 5.72. The zero-order valence-corrected chi connectivity index (χ0v) is 14.5. The van der Waals surface area contributed by atoms with Gasteiger partial charge in [0, 0.05) is 18.3 Å². The van der Waals surface area contributed by atoms with E-state index in [1.165, 1.54) is 11.8 Å². The Balaban J connectivity index is 1.53. The quantitative estimate of drug-likeness (QED) is 0.554. The summed E-state index contributed by atoms with van der Waals surface area (Å²) in [5.41, 5.74) is 1.22. The van der Waals surface area contributed by atoms with E-state index in [1.54, 1.807) is 0 Å². The molecule has 1 aliphatic carbocycles. The Morgan fingerprint density at radius 1 is 1.36 bits per heavy atom. The molecule has 2 fully saturated rings. The number of carbonyl (C=O) groups is 1. The number of rotatable bonds is 8. The van der Waals surface area contributed by atoms with Crippen molar-refractivity contribution in [1.82, 2.24) is 0 Å². The molecule has 0 aromatic heterocycles. The van der Waals surface area contributed by atoms with E-state index in [0.29, 0.717) is 25.7 Å². The molecule has 0 amide bonds. The summed E-state index contributed by atoms with van der Waals surface area (Å²) in [6.07, 6.45) is 4.81. The lowest BCUT2D eigenvalue weighted by molar-refractivity contribution is -0.825. The van der Waals surface area contributed by atoms with Gasteiger partial charge in [-0.3, -0.25) is 4.79 Å². The van der Waals surface area contributed by atoms with Crippen LogP contribution in [0.2, 0.25) is 0 Å². The lowest BCUT2D eigenvalue weighted by Crippen LogP contribution is -3.07. The van der Waals surface area contributed by atoms with Crippen LogP contribution in [-0.4, -0.2) is 29.3 Å². The number of esters is 1. The Kier molecular flexibility index (Phi) is 5.89. The molecular formula is C20H27NO4. The highest BCUT2D eigenvalue weighted by Gasteiger charge is 2.52. The molecule has 0 bridgehead atoms. The van der Waals surface area contributed by atoms with Gasteiger partial charge in [0.05, 0.1) is 24.8 Å². The van der Waals surface area contributed by atoms with Gasteiger partial charge in [-0.25, -0.2) is 0 Å². The fourth-order valence-corrected chi connectivity index (χ4v) is 4.40. The molecule has 25 heavy (non-hydrogen) atoms. The molecule has 1 aromatic rings. The van der Waals surface area contributed by atoms with E-state index in [4.69, 9.17) is 4.74 Å². The van der Waals surface area contributed by atoms with Crippen LogP contribution in [-0.2, 0) is 16.0 Å². The fraction of sp³-hybridized carbons (Fsp3) is 0.550. The van der Waals surface area contributed by atoms with E-state index in [0.717, 1.165) is 12.8 Å². The number of hydrogen-bond donors (Lipinski definition) is 2. The second-order valence-electron chi connectivity index (χ2n) is 7.26. The predicted molar refractivity (Wildman–Crippen MR) is 94.4 cm³/mol. The van der Waals surface area contributed by atoms with Crippen molar-refractivity contribution in [2.75, 3.05) is 0 Å². The molecule has 0 spiro atoms. The van der Waals surface area contributed by atoms with Crippen molar-refractivity contribution in [3.8, 4) is 0 Å². The Labute approximate surface area is 148 Å². The second kappa shape index (κ2) is 8.13. The molecule has 5 heteroatoms. The van der Waals surface area contributed by atoms with Gasteiger partial charge in [-0.2, -0.15) is 0 Å². The topological polar surface area (TPSA) is 74.0 Å². The molecule has 1 aliphatic heterocycles. The molecular weight excluding hydrogens is 318 g/mol. The standard InChI is InChI=1S/C20H27NO4/c1-2-21(24)18-13-19-17(12-20(23)25-19)16(18)11-10-15(22)9-8-14-6-4-3-5-7-14/h2-7,15-19,21-22H,1,8-13H2/t15-,16+,17+,18+,19-/m0/s1. The normalized spacial score (nSPS) is 30.6. The van der Waals surface area contributed by atoms with Gasteiger partial charge >= 0.3 is 5.97 Å². The van der Waals surface area contributed by atoms with Crippen molar-refractivity contribution in [2.45, 2.75) is 56.8 Å². The molecule has 2 aliphatic rings. The van der Waals surface area contributed by atoms with Crippen LogP contribution in [0, 0.1) is 17.0 Å². The first kappa shape index (κ1) is 18.1. The van der Waals surface area contributed by atoms with Gasteiger partial charge in [0.25, 0.3) is 0 Å². The molecule has 0 radical (unpaired) electrons. The van der Waals surface area contributed by atoms with Crippen molar-refractivity contribution in [1.29, 1.82) is 0 Å². The maximum Gasteiger partial charge on any atom is 0.306 e. The van der Waals surface area contributed by atoms with Gasteiger partial charge in [-0.05, 0) is 37.8 Å². The van der Waals surface area contributed by atoms with Crippen LogP contribution in [0.15, 0.2) is 43.1 Å². The summed E-state index contributed by atoms with van der Waals surface area (Å²) in [6.45, 7) is 3.60. The molecule has 1 heterocycles. The number of hydrogen-bond acceptors (Lipinski definition) is 4. The summed E-state index contributed by atoms with van der Waals surface area (Å²) < 4.78 is 5.36. The molecule has 1 aromatic carbocycles. The Morgan fingerprint density at radius 3 is 2.84 bits per heavy atom. The van der Waals surface area contributed by atoms with E-state index in [2.05, 4.69) is 18.7 Å². The first-order chi connectivity index (χ1) is 12.1. The summed E-state index contributed by atoms with van der Waals surface area (Å²) in [4.78, 5) is 11.6. The van der Waals surface area contributed by atoms with E-state index >= 15 is 0 Å². The van der Waals surface area contributed by atoms with Gasteiger partial charge in [0.1, 0.15) is 6.10 Å². The van der Waals surface area contributed by atoms with Crippen molar-refractivity contribution >= 4 is 5.97 Å². The maximum absolute atomic E-state index is 12.2. The maximum atomic E-state index is 12.2. The number of fused-ring (bicyclic) bond motifs is 1. The zero-order chi connectivity index (χ0) is 17.8. The van der Waals surface area contributed by atoms with E-state index < -0.39 is 6.10 Å². The molecule has 3 rings (SSSR count). The number of aliphatic hydroxyl groups is 1. The van der Waals surface area contributed by atoms with Gasteiger partial charge in [-0.1, -0.05) is 30.3 Å². The molecule has 5 nitrogen and oxygen atoms in total. The minimum Gasteiger partial charge on any atom is -0.629 e. The highest BCUT2D eigenvalue weighted by atomic mass is 16.6. The summed E-state index contributed by atoms with van der Waals surface area (Å²) in [7, 11) is 0. The van der Waals surface area contributed by atoms with Crippen LogP contribution in [0.5, 0.6) is 0 Å². The van der Waals surface area contributed by atoms with Crippen molar-refractivity contribution in [3.63, 3.8) is 0 Å². The highest BCUT2D eigenvalue weighted by molar-refractivity contribution is 5.72. The van der Waals surface area contributed by atoms with Crippen LogP contribution in [0.3, 0.4) is 0 Å². The zero-order valence-electron chi connectivity index (χ0n) is 14.5. The Hall–Kier alpha value is -1.69. The third kappa shape index (κ3) is 4.29. The van der Waals surface area contributed by atoms with E-state index in [-0.39, 0.29) is 35.0 Å². The fourth-order valence-electron chi connectivity index (χ4n) is 4.40. The van der Waals surface area contributed by atoms with Crippen molar-refractivity contribution in [3.05, 3.63) is 53.9 Å². The third-order valence-electron chi connectivity index (χ3n) is 5.72. The minimum atomic E-state index is -0.392. The van der Waals surface area contributed by atoms with Gasteiger partial charge < -0.3 is 20.1 Å². The van der Waals surface area contributed by atoms with Crippen LogP contribution in [0.4, 0.5) is 0 Å². The molecule has 6 atom stereocenters. The summed E-state index contributed by atoms with van der Waals surface area (Å²) in [5, 5.41) is 22.5. The number of aliphatic hydroxyl groups excluding tert-OH is 1.